The first-order valence-corrected chi connectivity index (χ1v) is 11.8. The average molecular weight is 453 g/mol. The summed E-state index contributed by atoms with van der Waals surface area (Å²) < 4.78 is 29.1. The molecule has 3 aromatic rings. The van der Waals surface area contributed by atoms with Gasteiger partial charge in [-0.25, -0.2) is 8.42 Å². The predicted molar refractivity (Wildman–Crippen MR) is 119 cm³/mol. The Labute approximate surface area is 187 Å². The maximum Gasteiger partial charge on any atom is 0.253 e. The normalized spacial score (nSPS) is 15.0. The molecule has 0 bridgehead atoms. The summed E-state index contributed by atoms with van der Waals surface area (Å²) in [7, 11) is -3.73. The van der Waals surface area contributed by atoms with Crippen molar-refractivity contribution in [3.05, 3.63) is 83.7 Å². The number of sulfonamides is 1. The molecule has 8 nitrogen and oxygen atoms in total. The van der Waals surface area contributed by atoms with Crippen LogP contribution in [0.5, 0.6) is 0 Å². The molecule has 1 aliphatic rings. The summed E-state index contributed by atoms with van der Waals surface area (Å²) in [6.07, 6.45) is 3.60. The second kappa shape index (κ2) is 9.05. The molecule has 0 atom stereocenters. The van der Waals surface area contributed by atoms with Gasteiger partial charge in [-0.2, -0.15) is 9.40 Å². The number of hydrogen-bond donors (Lipinski definition) is 0. The number of Topliss-reactive ketones (excluding diaryl/α,β-unsaturated/α-hetero) is 1. The fourth-order valence-electron chi connectivity index (χ4n) is 3.67. The lowest BCUT2D eigenvalue weighted by Crippen LogP contribution is -2.50. The van der Waals surface area contributed by atoms with Gasteiger partial charge < -0.3 is 4.90 Å². The van der Waals surface area contributed by atoms with Gasteiger partial charge in [-0.1, -0.05) is 24.3 Å². The van der Waals surface area contributed by atoms with E-state index in [0.29, 0.717) is 30.8 Å². The molecule has 1 aromatic heterocycles. The standard InChI is InChI=1S/C23H24N4O4S/c1-18(28)21-4-2-5-22(16-21)32(30,31)27-14-12-25(13-15-27)23(29)20-8-6-19(7-9-20)17-26-11-3-10-24-26/h2-11,16H,12-15,17H2,1H3. The van der Waals surface area contributed by atoms with Gasteiger partial charge in [-0.05, 0) is 42.8 Å². The molecule has 0 N–H and O–H groups in total. The second-order valence-electron chi connectivity index (χ2n) is 7.68. The molecule has 4 rings (SSSR count). The molecule has 1 saturated heterocycles. The molecule has 1 amide bonds. The van der Waals surface area contributed by atoms with Crippen molar-refractivity contribution in [3.8, 4) is 0 Å². The highest BCUT2D eigenvalue weighted by molar-refractivity contribution is 7.89. The minimum absolute atomic E-state index is 0.0951. The van der Waals surface area contributed by atoms with Gasteiger partial charge in [-0.3, -0.25) is 14.3 Å². The molecular weight excluding hydrogens is 428 g/mol. The monoisotopic (exact) mass is 452 g/mol. The summed E-state index contributed by atoms with van der Waals surface area (Å²) in [6.45, 7) is 3.05. The zero-order valence-corrected chi connectivity index (χ0v) is 18.5. The van der Waals surface area contributed by atoms with Crippen LogP contribution in [0.15, 0.2) is 71.9 Å². The molecule has 0 aliphatic carbocycles. The first-order chi connectivity index (χ1) is 15.3. The van der Waals surface area contributed by atoms with Crippen LogP contribution in [0.2, 0.25) is 0 Å². The summed E-state index contributed by atoms with van der Waals surface area (Å²) >= 11 is 0. The third-order valence-electron chi connectivity index (χ3n) is 5.51. The van der Waals surface area contributed by atoms with Crippen LogP contribution in [0.25, 0.3) is 0 Å². The minimum atomic E-state index is -3.73. The Morgan fingerprint density at radius 2 is 1.66 bits per heavy atom. The van der Waals surface area contributed by atoms with Crippen molar-refractivity contribution in [2.45, 2.75) is 18.4 Å². The fourth-order valence-corrected chi connectivity index (χ4v) is 5.14. The number of hydrogen-bond acceptors (Lipinski definition) is 5. The van der Waals surface area contributed by atoms with E-state index >= 15 is 0 Å². The molecule has 1 fully saturated rings. The number of benzene rings is 2. The number of carbonyl (C=O) groups is 2. The number of nitrogens with zero attached hydrogens (tertiary/aromatic N) is 4. The van der Waals surface area contributed by atoms with Crippen molar-refractivity contribution in [3.63, 3.8) is 0 Å². The number of aromatic nitrogens is 2. The highest BCUT2D eigenvalue weighted by atomic mass is 32.2. The maximum absolute atomic E-state index is 13.0. The Morgan fingerprint density at radius 3 is 2.28 bits per heavy atom. The van der Waals surface area contributed by atoms with Gasteiger partial charge in [-0.15, -0.1) is 0 Å². The van der Waals surface area contributed by atoms with Crippen LogP contribution in [0.3, 0.4) is 0 Å². The van der Waals surface area contributed by atoms with Crippen LogP contribution < -0.4 is 0 Å². The van der Waals surface area contributed by atoms with Crippen LogP contribution >= 0.6 is 0 Å². The van der Waals surface area contributed by atoms with Crippen LogP contribution in [0.4, 0.5) is 0 Å². The zero-order chi connectivity index (χ0) is 22.7. The third-order valence-corrected chi connectivity index (χ3v) is 7.40. The smallest absolute Gasteiger partial charge is 0.253 e. The number of piperazine rings is 1. The molecule has 32 heavy (non-hydrogen) atoms. The molecule has 2 aromatic carbocycles. The largest absolute Gasteiger partial charge is 0.336 e. The molecular formula is C23H24N4O4S. The Kier molecular flexibility index (Phi) is 6.20. The molecule has 0 unspecified atom stereocenters. The van der Waals surface area contributed by atoms with Gasteiger partial charge in [0.25, 0.3) is 5.91 Å². The summed E-state index contributed by atoms with van der Waals surface area (Å²) in [5, 5.41) is 4.18. The lowest BCUT2D eigenvalue weighted by atomic mass is 10.1. The van der Waals surface area contributed by atoms with E-state index in [2.05, 4.69) is 5.10 Å². The van der Waals surface area contributed by atoms with Crippen LogP contribution in [0, 0.1) is 0 Å². The highest BCUT2D eigenvalue weighted by Gasteiger charge is 2.30. The Bertz CT molecular complexity index is 1210. The second-order valence-corrected chi connectivity index (χ2v) is 9.62. The van der Waals surface area contributed by atoms with E-state index in [9.17, 15) is 18.0 Å². The third kappa shape index (κ3) is 4.63. The highest BCUT2D eigenvalue weighted by Crippen LogP contribution is 2.20. The Morgan fingerprint density at radius 1 is 0.938 bits per heavy atom. The molecule has 9 heteroatoms. The van der Waals surface area contributed by atoms with Gasteiger partial charge in [0.15, 0.2) is 5.78 Å². The van der Waals surface area contributed by atoms with Crippen LogP contribution in [-0.4, -0.2) is 65.3 Å². The SMILES string of the molecule is CC(=O)c1cccc(S(=O)(=O)N2CCN(C(=O)c3ccc(Cn4cccn4)cc3)CC2)c1. The summed E-state index contributed by atoms with van der Waals surface area (Å²) in [4.78, 5) is 26.2. The molecule has 0 saturated carbocycles. The number of ketones is 1. The molecule has 1 aliphatic heterocycles. The van der Waals surface area contributed by atoms with Crippen molar-refractivity contribution >= 4 is 21.7 Å². The quantitative estimate of drug-likeness (QED) is 0.535. The first-order valence-electron chi connectivity index (χ1n) is 10.3. The van der Waals surface area contributed by atoms with Gasteiger partial charge in [0.1, 0.15) is 0 Å². The summed E-state index contributed by atoms with van der Waals surface area (Å²) in [6, 6.07) is 15.3. The van der Waals surface area contributed by atoms with Crippen molar-refractivity contribution in [1.82, 2.24) is 19.0 Å². The number of amides is 1. The number of rotatable bonds is 6. The van der Waals surface area contributed by atoms with E-state index in [1.807, 2.05) is 29.1 Å². The van der Waals surface area contributed by atoms with E-state index in [1.165, 1.54) is 23.4 Å². The predicted octanol–water partition coefficient (Wildman–Crippen LogP) is 2.28. The molecule has 0 radical (unpaired) electrons. The van der Waals surface area contributed by atoms with Gasteiger partial charge in [0.05, 0.1) is 11.4 Å². The van der Waals surface area contributed by atoms with E-state index in [-0.39, 0.29) is 29.7 Å². The zero-order valence-electron chi connectivity index (χ0n) is 17.7. The van der Waals surface area contributed by atoms with Crippen molar-refractivity contribution in [2.75, 3.05) is 26.2 Å². The first kappa shape index (κ1) is 21.9. The molecule has 166 valence electrons. The average Bonchev–Trinajstić information content (AvgIpc) is 3.32. The summed E-state index contributed by atoms with van der Waals surface area (Å²) in [5.74, 6) is -0.306. The number of carbonyl (C=O) groups excluding carboxylic acids is 2. The minimum Gasteiger partial charge on any atom is -0.336 e. The lowest BCUT2D eigenvalue weighted by Gasteiger charge is -2.34. The van der Waals surface area contributed by atoms with Crippen molar-refractivity contribution < 1.29 is 18.0 Å². The van der Waals surface area contributed by atoms with E-state index in [0.717, 1.165) is 5.56 Å². The van der Waals surface area contributed by atoms with E-state index in [1.54, 1.807) is 35.4 Å². The Hall–Kier alpha value is -3.30. The topological polar surface area (TPSA) is 92.6 Å². The van der Waals surface area contributed by atoms with Gasteiger partial charge >= 0.3 is 0 Å². The molecule has 2 heterocycles. The molecule has 0 spiro atoms. The fraction of sp³-hybridized carbons (Fsp3) is 0.261. The van der Waals surface area contributed by atoms with Crippen LogP contribution in [0.1, 0.15) is 33.2 Å². The van der Waals surface area contributed by atoms with Crippen molar-refractivity contribution in [1.29, 1.82) is 0 Å². The maximum atomic E-state index is 13.0. The summed E-state index contributed by atoms with van der Waals surface area (Å²) in [5.41, 5.74) is 1.96. The van der Waals surface area contributed by atoms with Gasteiger partial charge in [0.2, 0.25) is 10.0 Å². The van der Waals surface area contributed by atoms with Crippen molar-refractivity contribution in [2.24, 2.45) is 0 Å². The van der Waals surface area contributed by atoms with E-state index in [4.69, 9.17) is 0 Å². The lowest BCUT2D eigenvalue weighted by molar-refractivity contribution is 0.0697. The van der Waals surface area contributed by atoms with Crippen LogP contribution in [-0.2, 0) is 16.6 Å². The van der Waals surface area contributed by atoms with Gasteiger partial charge in [0, 0.05) is 49.7 Å². The Balaban J connectivity index is 1.39. The van der Waals surface area contributed by atoms with E-state index < -0.39 is 10.0 Å².